The fraction of sp³-hybridized carbons (Fsp3) is 0.368. The quantitative estimate of drug-likeness (QED) is 0.673. The summed E-state index contributed by atoms with van der Waals surface area (Å²) in [6.07, 6.45) is 2.16. The molecule has 1 atom stereocenters. The van der Waals surface area contributed by atoms with E-state index >= 15 is 0 Å². The monoisotopic (exact) mass is 393 g/mol. The summed E-state index contributed by atoms with van der Waals surface area (Å²) in [5.74, 6) is 0. The number of benzene rings is 2. The van der Waals surface area contributed by atoms with Gasteiger partial charge in [-0.05, 0) is 76.4 Å². The van der Waals surface area contributed by atoms with E-state index in [-0.39, 0.29) is 6.04 Å². The molecule has 112 valence electrons. The molecule has 0 aliphatic heterocycles. The predicted molar refractivity (Wildman–Crippen MR) is 99.9 cm³/mol. The Balaban J connectivity index is 2.51. The van der Waals surface area contributed by atoms with Crippen molar-refractivity contribution in [3.63, 3.8) is 0 Å². The molecule has 1 N–H and O–H groups in total. The second-order valence-corrected chi connectivity index (χ2v) is 6.53. The predicted octanol–water partition coefficient (Wildman–Crippen LogP) is 5.11. The molecule has 2 aromatic carbocycles. The minimum absolute atomic E-state index is 0.283. The van der Waals surface area contributed by atoms with Crippen LogP contribution >= 0.6 is 22.6 Å². The first-order valence-corrected chi connectivity index (χ1v) is 8.88. The normalized spacial score (nSPS) is 12.4. The molecule has 0 fully saturated rings. The van der Waals surface area contributed by atoms with Gasteiger partial charge in [0, 0.05) is 3.57 Å². The summed E-state index contributed by atoms with van der Waals surface area (Å²) in [5.41, 5.74) is 5.64. The third kappa shape index (κ3) is 4.07. The van der Waals surface area contributed by atoms with Crippen molar-refractivity contribution in [2.24, 2.45) is 0 Å². The van der Waals surface area contributed by atoms with E-state index < -0.39 is 0 Å². The maximum atomic E-state index is 3.67. The van der Waals surface area contributed by atoms with Gasteiger partial charge in [-0.1, -0.05) is 51.1 Å². The number of hydrogen-bond donors (Lipinski definition) is 1. The summed E-state index contributed by atoms with van der Waals surface area (Å²) in [4.78, 5) is 0. The zero-order valence-corrected chi connectivity index (χ0v) is 15.3. The largest absolute Gasteiger partial charge is 0.307 e. The van der Waals surface area contributed by atoms with Crippen LogP contribution in [-0.4, -0.2) is 6.54 Å². The standard InChI is InChI=1S/C19H24IN/c1-4-14-10-11-15(5-2)18(12-14)19(21-6-3)16-8-7-9-17(20)13-16/h7-13,19,21H,4-6H2,1-3H3. The van der Waals surface area contributed by atoms with Crippen molar-refractivity contribution < 1.29 is 0 Å². The van der Waals surface area contributed by atoms with Gasteiger partial charge in [-0.3, -0.25) is 0 Å². The van der Waals surface area contributed by atoms with Gasteiger partial charge in [-0.2, -0.15) is 0 Å². The van der Waals surface area contributed by atoms with Gasteiger partial charge in [0.25, 0.3) is 0 Å². The molecule has 0 spiro atoms. The van der Waals surface area contributed by atoms with Gasteiger partial charge >= 0.3 is 0 Å². The Kier molecular flexibility index (Phi) is 6.24. The van der Waals surface area contributed by atoms with Crippen LogP contribution in [-0.2, 0) is 12.8 Å². The Hall–Kier alpha value is -0.870. The topological polar surface area (TPSA) is 12.0 Å². The van der Waals surface area contributed by atoms with Gasteiger partial charge in [0.05, 0.1) is 6.04 Å². The number of hydrogen-bond acceptors (Lipinski definition) is 1. The highest BCUT2D eigenvalue weighted by Crippen LogP contribution is 2.28. The first-order chi connectivity index (χ1) is 10.2. The number of aryl methyl sites for hydroxylation is 2. The van der Waals surface area contributed by atoms with Crippen LogP contribution in [0.2, 0.25) is 0 Å². The fourth-order valence-corrected chi connectivity index (χ4v) is 3.32. The molecule has 0 saturated carbocycles. The van der Waals surface area contributed by atoms with Crippen LogP contribution in [0.25, 0.3) is 0 Å². The lowest BCUT2D eigenvalue weighted by Crippen LogP contribution is -2.23. The van der Waals surface area contributed by atoms with Crippen molar-refractivity contribution in [3.8, 4) is 0 Å². The Bertz CT molecular complexity index is 592. The average molecular weight is 393 g/mol. The summed E-state index contributed by atoms with van der Waals surface area (Å²) in [5, 5.41) is 3.67. The fourth-order valence-electron chi connectivity index (χ4n) is 2.75. The molecule has 1 nitrogen and oxygen atoms in total. The van der Waals surface area contributed by atoms with E-state index in [1.807, 2.05) is 0 Å². The van der Waals surface area contributed by atoms with Crippen LogP contribution in [0.15, 0.2) is 42.5 Å². The lowest BCUT2D eigenvalue weighted by atomic mass is 9.91. The minimum Gasteiger partial charge on any atom is -0.307 e. The second-order valence-electron chi connectivity index (χ2n) is 5.29. The molecular formula is C19H24IN. The summed E-state index contributed by atoms with van der Waals surface area (Å²) < 4.78 is 1.29. The molecule has 21 heavy (non-hydrogen) atoms. The van der Waals surface area contributed by atoms with E-state index in [0.717, 1.165) is 19.4 Å². The first-order valence-electron chi connectivity index (χ1n) is 7.80. The highest BCUT2D eigenvalue weighted by Gasteiger charge is 2.16. The molecule has 0 radical (unpaired) electrons. The van der Waals surface area contributed by atoms with Gasteiger partial charge in [0.2, 0.25) is 0 Å². The molecule has 0 amide bonds. The molecule has 0 heterocycles. The molecule has 1 unspecified atom stereocenters. The molecule has 2 rings (SSSR count). The number of halogens is 1. The van der Waals surface area contributed by atoms with Crippen molar-refractivity contribution in [1.29, 1.82) is 0 Å². The third-order valence-electron chi connectivity index (χ3n) is 3.90. The molecule has 0 saturated heterocycles. The van der Waals surface area contributed by atoms with E-state index in [4.69, 9.17) is 0 Å². The third-order valence-corrected chi connectivity index (χ3v) is 4.57. The number of rotatable bonds is 6. The lowest BCUT2D eigenvalue weighted by molar-refractivity contribution is 0.624. The van der Waals surface area contributed by atoms with Crippen LogP contribution in [0.5, 0.6) is 0 Å². The Labute approximate surface area is 142 Å². The zero-order valence-electron chi connectivity index (χ0n) is 13.1. The SMILES string of the molecule is CCNC(c1cccc(I)c1)c1cc(CC)ccc1CC. The average Bonchev–Trinajstić information content (AvgIpc) is 2.52. The summed E-state index contributed by atoms with van der Waals surface area (Å²) in [6.45, 7) is 7.60. The number of nitrogens with one attached hydrogen (secondary N) is 1. The summed E-state index contributed by atoms with van der Waals surface area (Å²) >= 11 is 2.39. The van der Waals surface area contributed by atoms with Crippen LogP contribution < -0.4 is 5.32 Å². The van der Waals surface area contributed by atoms with Gasteiger partial charge in [0.1, 0.15) is 0 Å². The molecular weight excluding hydrogens is 369 g/mol. The molecule has 0 bridgehead atoms. The molecule has 2 heteroatoms. The van der Waals surface area contributed by atoms with Crippen molar-refractivity contribution in [2.45, 2.75) is 39.7 Å². The van der Waals surface area contributed by atoms with Crippen molar-refractivity contribution >= 4 is 22.6 Å². The first kappa shape index (κ1) is 16.5. The maximum absolute atomic E-state index is 3.67. The Morgan fingerprint density at radius 3 is 2.43 bits per heavy atom. The van der Waals surface area contributed by atoms with E-state index in [0.29, 0.717) is 0 Å². The molecule has 2 aromatic rings. The van der Waals surface area contributed by atoms with Crippen molar-refractivity contribution in [1.82, 2.24) is 5.32 Å². The van der Waals surface area contributed by atoms with Crippen LogP contribution in [0.4, 0.5) is 0 Å². The van der Waals surface area contributed by atoms with Gasteiger partial charge in [-0.15, -0.1) is 0 Å². The van der Waals surface area contributed by atoms with Crippen molar-refractivity contribution in [2.75, 3.05) is 6.54 Å². The van der Waals surface area contributed by atoms with E-state index in [1.165, 1.54) is 25.8 Å². The Morgan fingerprint density at radius 1 is 1.00 bits per heavy atom. The lowest BCUT2D eigenvalue weighted by Gasteiger charge is -2.23. The molecule has 0 aromatic heterocycles. The van der Waals surface area contributed by atoms with E-state index in [1.54, 1.807) is 0 Å². The molecule has 0 aliphatic rings. The highest BCUT2D eigenvalue weighted by molar-refractivity contribution is 14.1. The second kappa shape index (κ2) is 7.95. The van der Waals surface area contributed by atoms with Gasteiger partial charge in [0.15, 0.2) is 0 Å². The zero-order chi connectivity index (χ0) is 15.2. The van der Waals surface area contributed by atoms with Crippen LogP contribution in [0.3, 0.4) is 0 Å². The van der Waals surface area contributed by atoms with Gasteiger partial charge in [-0.25, -0.2) is 0 Å². The van der Waals surface area contributed by atoms with E-state index in [9.17, 15) is 0 Å². The van der Waals surface area contributed by atoms with Crippen LogP contribution in [0, 0.1) is 3.57 Å². The van der Waals surface area contributed by atoms with E-state index in [2.05, 4.69) is 91.1 Å². The molecule has 0 aliphatic carbocycles. The Morgan fingerprint density at radius 2 is 1.81 bits per heavy atom. The minimum atomic E-state index is 0.283. The highest BCUT2D eigenvalue weighted by atomic mass is 127. The van der Waals surface area contributed by atoms with Gasteiger partial charge < -0.3 is 5.32 Å². The summed E-state index contributed by atoms with van der Waals surface area (Å²) in [6, 6.07) is 16.0. The van der Waals surface area contributed by atoms with Crippen molar-refractivity contribution in [3.05, 3.63) is 68.3 Å². The smallest absolute Gasteiger partial charge is 0.0579 e. The maximum Gasteiger partial charge on any atom is 0.0579 e. The van der Waals surface area contributed by atoms with Crippen LogP contribution in [0.1, 0.15) is 49.1 Å². The summed E-state index contributed by atoms with van der Waals surface area (Å²) in [7, 11) is 0.